The maximum Gasteiger partial charge on any atom is 0.258 e. The fourth-order valence-electron chi connectivity index (χ4n) is 3.65. The van der Waals surface area contributed by atoms with Gasteiger partial charge in [0.05, 0.1) is 0 Å². The lowest BCUT2D eigenvalue weighted by molar-refractivity contribution is -0.124. The van der Waals surface area contributed by atoms with Gasteiger partial charge in [-0.05, 0) is 66.8 Å². The average Bonchev–Trinajstić information content (AvgIpc) is 2.70. The molecule has 28 heavy (non-hydrogen) atoms. The van der Waals surface area contributed by atoms with Crippen LogP contribution in [-0.2, 0) is 4.79 Å². The maximum atomic E-state index is 13.0. The highest BCUT2D eigenvalue weighted by Crippen LogP contribution is 2.29. The van der Waals surface area contributed by atoms with E-state index in [1.54, 1.807) is 24.3 Å². The number of hydrogen-bond donors (Lipinski definition) is 1. The summed E-state index contributed by atoms with van der Waals surface area (Å²) >= 11 is 0. The van der Waals surface area contributed by atoms with E-state index in [0.717, 1.165) is 12.8 Å². The molecule has 5 heteroatoms. The van der Waals surface area contributed by atoms with E-state index in [4.69, 9.17) is 4.74 Å². The summed E-state index contributed by atoms with van der Waals surface area (Å²) < 4.78 is 18.5. The third kappa shape index (κ3) is 4.97. The molecule has 3 rings (SSSR count). The number of benzene rings is 2. The molecule has 1 amide bonds. The summed E-state index contributed by atoms with van der Waals surface area (Å²) in [5.41, 5.74) is 0.902. The van der Waals surface area contributed by atoms with Gasteiger partial charge in [0.15, 0.2) is 12.4 Å². The molecule has 0 saturated heterocycles. The molecule has 0 radical (unpaired) electrons. The minimum atomic E-state index is -0.379. The predicted octanol–water partition coefficient (Wildman–Crippen LogP) is 4.38. The predicted molar refractivity (Wildman–Crippen MR) is 106 cm³/mol. The molecule has 1 aliphatic carbocycles. The van der Waals surface area contributed by atoms with E-state index < -0.39 is 0 Å². The first-order chi connectivity index (χ1) is 13.4. The molecule has 0 unspecified atom stereocenters. The zero-order valence-corrected chi connectivity index (χ0v) is 16.3. The fraction of sp³-hybridized carbons (Fsp3) is 0.391. The van der Waals surface area contributed by atoms with E-state index in [-0.39, 0.29) is 30.2 Å². The SMILES string of the molecule is C[C@@H]1[C@H](C)CCC[C@@H]1NC(=O)COc1ccc(C(=O)c2ccc(F)cc2)cc1. The van der Waals surface area contributed by atoms with Gasteiger partial charge in [0.1, 0.15) is 11.6 Å². The Morgan fingerprint density at radius 3 is 2.25 bits per heavy atom. The number of nitrogens with one attached hydrogen (secondary N) is 1. The lowest BCUT2D eigenvalue weighted by Gasteiger charge is -2.34. The first-order valence-electron chi connectivity index (χ1n) is 9.76. The van der Waals surface area contributed by atoms with Gasteiger partial charge in [-0.3, -0.25) is 9.59 Å². The van der Waals surface area contributed by atoms with E-state index in [0.29, 0.717) is 28.7 Å². The zero-order chi connectivity index (χ0) is 20.1. The second-order valence-electron chi connectivity index (χ2n) is 7.59. The average molecular weight is 383 g/mol. The number of hydrogen-bond acceptors (Lipinski definition) is 3. The smallest absolute Gasteiger partial charge is 0.258 e. The Balaban J connectivity index is 1.52. The fourth-order valence-corrected chi connectivity index (χ4v) is 3.65. The third-order valence-electron chi connectivity index (χ3n) is 5.65. The molecule has 0 aliphatic heterocycles. The van der Waals surface area contributed by atoms with Gasteiger partial charge in [0, 0.05) is 17.2 Å². The first-order valence-corrected chi connectivity index (χ1v) is 9.76. The Kier molecular flexibility index (Phi) is 6.45. The summed E-state index contributed by atoms with van der Waals surface area (Å²) in [6, 6.07) is 12.3. The van der Waals surface area contributed by atoms with Crippen LogP contribution in [0.5, 0.6) is 5.75 Å². The highest BCUT2D eigenvalue weighted by Gasteiger charge is 2.28. The van der Waals surface area contributed by atoms with Gasteiger partial charge in [-0.1, -0.05) is 26.7 Å². The van der Waals surface area contributed by atoms with Gasteiger partial charge in [-0.25, -0.2) is 4.39 Å². The van der Waals surface area contributed by atoms with Crippen molar-refractivity contribution in [1.29, 1.82) is 0 Å². The molecule has 3 atom stereocenters. The van der Waals surface area contributed by atoms with Gasteiger partial charge >= 0.3 is 0 Å². The Labute approximate surface area is 165 Å². The molecule has 2 aromatic rings. The largest absolute Gasteiger partial charge is 0.484 e. The second kappa shape index (κ2) is 9.00. The minimum Gasteiger partial charge on any atom is -0.484 e. The van der Waals surface area contributed by atoms with Crippen molar-refractivity contribution in [2.45, 2.75) is 39.2 Å². The molecule has 1 N–H and O–H groups in total. The van der Waals surface area contributed by atoms with Crippen LogP contribution in [0.25, 0.3) is 0 Å². The number of carbonyl (C=O) groups excluding carboxylic acids is 2. The van der Waals surface area contributed by atoms with E-state index >= 15 is 0 Å². The van der Waals surface area contributed by atoms with E-state index in [1.807, 2.05) is 0 Å². The van der Waals surface area contributed by atoms with Crippen molar-refractivity contribution in [3.8, 4) is 5.75 Å². The van der Waals surface area contributed by atoms with E-state index in [9.17, 15) is 14.0 Å². The van der Waals surface area contributed by atoms with Crippen LogP contribution in [0.3, 0.4) is 0 Å². The van der Waals surface area contributed by atoms with E-state index in [2.05, 4.69) is 19.2 Å². The molecule has 0 spiro atoms. The van der Waals surface area contributed by atoms with Crippen LogP contribution in [-0.4, -0.2) is 24.3 Å². The number of ether oxygens (including phenoxy) is 1. The van der Waals surface area contributed by atoms with Crippen LogP contribution in [0.1, 0.15) is 49.0 Å². The van der Waals surface area contributed by atoms with Crippen molar-refractivity contribution in [1.82, 2.24) is 5.32 Å². The minimum absolute atomic E-state index is 0.0527. The van der Waals surface area contributed by atoms with Crippen LogP contribution in [0, 0.1) is 17.7 Å². The number of halogens is 1. The summed E-state index contributed by atoms with van der Waals surface area (Å²) in [7, 11) is 0. The van der Waals surface area contributed by atoms with Crippen molar-refractivity contribution >= 4 is 11.7 Å². The lowest BCUT2D eigenvalue weighted by atomic mass is 9.78. The molecule has 4 nitrogen and oxygen atoms in total. The van der Waals surface area contributed by atoms with Crippen LogP contribution in [0.2, 0.25) is 0 Å². The molecule has 1 aliphatic rings. The Morgan fingerprint density at radius 2 is 1.61 bits per heavy atom. The molecule has 2 aromatic carbocycles. The van der Waals surface area contributed by atoms with Gasteiger partial charge in [-0.15, -0.1) is 0 Å². The van der Waals surface area contributed by atoms with Crippen LogP contribution >= 0.6 is 0 Å². The van der Waals surface area contributed by atoms with Gasteiger partial charge in [0.25, 0.3) is 5.91 Å². The molecule has 1 saturated carbocycles. The Bertz CT molecular complexity index is 817. The van der Waals surface area contributed by atoms with Crippen molar-refractivity contribution in [2.24, 2.45) is 11.8 Å². The van der Waals surface area contributed by atoms with Gasteiger partial charge in [0.2, 0.25) is 0 Å². The lowest BCUT2D eigenvalue weighted by Crippen LogP contribution is -2.45. The molecular weight excluding hydrogens is 357 g/mol. The molecule has 148 valence electrons. The van der Waals surface area contributed by atoms with E-state index in [1.165, 1.54) is 30.7 Å². The highest BCUT2D eigenvalue weighted by atomic mass is 19.1. The highest BCUT2D eigenvalue weighted by molar-refractivity contribution is 6.09. The molecule has 0 heterocycles. The summed E-state index contributed by atoms with van der Waals surface area (Å²) in [5, 5.41) is 3.08. The van der Waals surface area contributed by atoms with Crippen LogP contribution < -0.4 is 10.1 Å². The van der Waals surface area contributed by atoms with Crippen LogP contribution in [0.15, 0.2) is 48.5 Å². The standard InChI is InChI=1S/C23H26FNO3/c1-15-4-3-5-21(16(15)2)25-22(26)14-28-20-12-8-18(9-13-20)23(27)17-6-10-19(24)11-7-17/h6-13,15-16,21H,3-5,14H2,1-2H3,(H,25,26)/t15-,16-,21+/m1/s1. The van der Waals surface area contributed by atoms with Crippen molar-refractivity contribution < 1.29 is 18.7 Å². The van der Waals surface area contributed by atoms with Gasteiger partial charge in [-0.2, -0.15) is 0 Å². The third-order valence-corrected chi connectivity index (χ3v) is 5.65. The van der Waals surface area contributed by atoms with Crippen molar-refractivity contribution in [2.75, 3.05) is 6.61 Å². The molecule has 1 fully saturated rings. The topological polar surface area (TPSA) is 55.4 Å². The first kappa shape index (κ1) is 20.1. The summed E-state index contributed by atoms with van der Waals surface area (Å²) in [6.07, 6.45) is 3.37. The number of ketones is 1. The van der Waals surface area contributed by atoms with Gasteiger partial charge < -0.3 is 10.1 Å². The number of carbonyl (C=O) groups is 2. The number of amides is 1. The Morgan fingerprint density at radius 1 is 1.00 bits per heavy atom. The molecular formula is C23H26FNO3. The monoisotopic (exact) mass is 383 g/mol. The maximum absolute atomic E-state index is 13.0. The number of rotatable bonds is 6. The summed E-state index contributed by atoms with van der Waals surface area (Å²) in [5.74, 6) is 0.911. The Hall–Kier alpha value is -2.69. The molecule has 0 aromatic heterocycles. The second-order valence-corrected chi connectivity index (χ2v) is 7.59. The quantitative estimate of drug-likeness (QED) is 0.754. The van der Waals surface area contributed by atoms with Crippen molar-refractivity contribution in [3.63, 3.8) is 0 Å². The zero-order valence-electron chi connectivity index (χ0n) is 16.3. The summed E-state index contributed by atoms with van der Waals surface area (Å²) in [6.45, 7) is 4.36. The van der Waals surface area contributed by atoms with Crippen LogP contribution in [0.4, 0.5) is 4.39 Å². The normalized spacial score (nSPS) is 21.8. The summed E-state index contributed by atoms with van der Waals surface area (Å²) in [4.78, 5) is 24.6. The molecule has 0 bridgehead atoms. The van der Waals surface area contributed by atoms with Crippen molar-refractivity contribution in [3.05, 3.63) is 65.5 Å².